The van der Waals surface area contributed by atoms with Gasteiger partial charge in [-0.3, -0.25) is 4.79 Å². The average Bonchev–Trinajstić information content (AvgIpc) is 2.73. The van der Waals surface area contributed by atoms with Gasteiger partial charge in [0.25, 0.3) is 0 Å². The molecule has 0 saturated heterocycles. The zero-order chi connectivity index (χ0) is 18.7. The van der Waals surface area contributed by atoms with Crippen molar-refractivity contribution in [3.05, 3.63) is 126 Å². The monoisotopic (exact) mass is 353 g/mol. The fourth-order valence-corrected chi connectivity index (χ4v) is 2.79. The van der Waals surface area contributed by atoms with Crippen molar-refractivity contribution in [1.29, 1.82) is 0 Å². The largest absolute Gasteiger partial charge is 0.331 e. The molecule has 0 spiro atoms. The third-order valence-corrected chi connectivity index (χ3v) is 4.18. The number of allylic oxidation sites excluding steroid dienone is 2. The first-order valence-electron chi connectivity index (χ1n) is 9.08. The van der Waals surface area contributed by atoms with E-state index in [1.165, 1.54) is 0 Å². The Morgan fingerprint density at radius 1 is 0.667 bits per heavy atom. The third-order valence-electron chi connectivity index (χ3n) is 4.18. The molecule has 0 heterocycles. The number of carbonyl (C=O) groups is 1. The highest BCUT2D eigenvalue weighted by atomic mass is 16.2. The maximum Gasteiger partial charge on any atom is 0.247 e. The van der Waals surface area contributed by atoms with Crippen LogP contribution in [0.5, 0.6) is 0 Å². The summed E-state index contributed by atoms with van der Waals surface area (Å²) in [7, 11) is 0. The minimum Gasteiger partial charge on any atom is -0.331 e. The van der Waals surface area contributed by atoms with Gasteiger partial charge in [0.2, 0.25) is 5.91 Å². The van der Waals surface area contributed by atoms with E-state index in [4.69, 9.17) is 0 Å². The molecule has 0 aliphatic heterocycles. The average molecular weight is 353 g/mol. The van der Waals surface area contributed by atoms with Gasteiger partial charge in [-0.25, -0.2) is 0 Å². The van der Waals surface area contributed by atoms with E-state index >= 15 is 0 Å². The van der Waals surface area contributed by atoms with Crippen LogP contribution in [0.15, 0.2) is 109 Å². The maximum absolute atomic E-state index is 12.8. The first-order valence-corrected chi connectivity index (χ1v) is 9.08. The summed E-state index contributed by atoms with van der Waals surface area (Å²) >= 11 is 0. The molecule has 0 unspecified atom stereocenters. The summed E-state index contributed by atoms with van der Waals surface area (Å²) in [6.07, 6.45) is 7.32. The van der Waals surface area contributed by atoms with Crippen LogP contribution in [0, 0.1) is 0 Å². The molecule has 3 aromatic carbocycles. The molecule has 1 amide bonds. The Morgan fingerprint density at radius 2 is 1.15 bits per heavy atom. The number of nitrogens with zero attached hydrogens (tertiary/aromatic N) is 1. The zero-order valence-corrected chi connectivity index (χ0v) is 15.2. The van der Waals surface area contributed by atoms with Crippen molar-refractivity contribution in [1.82, 2.24) is 4.90 Å². The highest BCUT2D eigenvalue weighted by molar-refractivity contribution is 5.88. The molecule has 3 aromatic rings. The van der Waals surface area contributed by atoms with Crippen LogP contribution in [0.25, 0.3) is 6.08 Å². The maximum atomic E-state index is 12.8. The summed E-state index contributed by atoms with van der Waals surface area (Å²) in [5, 5.41) is 0. The molecule has 0 aliphatic carbocycles. The van der Waals surface area contributed by atoms with E-state index in [2.05, 4.69) is 0 Å². The molecule has 2 heteroatoms. The fraction of sp³-hybridized carbons (Fsp3) is 0.0800. The van der Waals surface area contributed by atoms with Crippen LogP contribution in [0.3, 0.4) is 0 Å². The Labute approximate surface area is 161 Å². The van der Waals surface area contributed by atoms with Crippen LogP contribution in [0.4, 0.5) is 0 Å². The normalized spacial score (nSPS) is 11.1. The van der Waals surface area contributed by atoms with Gasteiger partial charge in [0.05, 0.1) is 0 Å². The molecule has 27 heavy (non-hydrogen) atoms. The standard InChI is InChI=1S/C25H23NO/c27-25(19-11-10-14-22-12-4-1-5-13-22)26(20-23-15-6-2-7-16-23)21-24-17-8-3-9-18-24/h1-19H,20-21H2/b14-10+,19-11-. The topological polar surface area (TPSA) is 20.3 Å². The molecular formula is C25H23NO. The number of amides is 1. The van der Waals surface area contributed by atoms with Gasteiger partial charge in [-0.1, -0.05) is 109 Å². The van der Waals surface area contributed by atoms with Crippen LogP contribution < -0.4 is 0 Å². The lowest BCUT2D eigenvalue weighted by molar-refractivity contribution is -0.127. The summed E-state index contributed by atoms with van der Waals surface area (Å²) in [4.78, 5) is 14.6. The molecule has 0 atom stereocenters. The SMILES string of the molecule is O=C(/C=C\C=C\c1ccccc1)N(Cc1ccccc1)Cc1ccccc1. The van der Waals surface area contributed by atoms with Gasteiger partial charge < -0.3 is 4.90 Å². The number of hydrogen-bond acceptors (Lipinski definition) is 1. The Kier molecular flexibility index (Phi) is 6.77. The zero-order valence-electron chi connectivity index (χ0n) is 15.2. The lowest BCUT2D eigenvalue weighted by atomic mass is 10.1. The molecular weight excluding hydrogens is 330 g/mol. The molecule has 0 saturated carbocycles. The van der Waals surface area contributed by atoms with Crippen molar-refractivity contribution >= 4 is 12.0 Å². The summed E-state index contributed by atoms with van der Waals surface area (Å²) in [6, 6.07) is 30.2. The molecule has 0 radical (unpaired) electrons. The van der Waals surface area contributed by atoms with Crippen LogP contribution in [-0.2, 0) is 17.9 Å². The molecule has 0 fully saturated rings. The summed E-state index contributed by atoms with van der Waals surface area (Å²) < 4.78 is 0. The molecule has 0 aromatic heterocycles. The minimum absolute atomic E-state index is 0.000387. The Balaban J connectivity index is 1.69. The van der Waals surface area contributed by atoms with Crippen LogP contribution >= 0.6 is 0 Å². The Bertz CT molecular complexity index is 842. The predicted molar refractivity (Wildman–Crippen MR) is 112 cm³/mol. The van der Waals surface area contributed by atoms with Crippen LogP contribution in [-0.4, -0.2) is 10.8 Å². The Hall–Kier alpha value is -3.39. The highest BCUT2D eigenvalue weighted by Gasteiger charge is 2.11. The number of hydrogen-bond donors (Lipinski definition) is 0. The van der Waals surface area contributed by atoms with Gasteiger partial charge in [-0.15, -0.1) is 0 Å². The van der Waals surface area contributed by atoms with E-state index in [1.54, 1.807) is 12.2 Å². The van der Waals surface area contributed by atoms with Crippen molar-refractivity contribution in [3.8, 4) is 0 Å². The second kappa shape index (κ2) is 9.93. The summed E-state index contributed by atoms with van der Waals surface area (Å²) in [5.74, 6) is 0.000387. The first kappa shape index (κ1) is 18.4. The summed E-state index contributed by atoms with van der Waals surface area (Å²) in [5.41, 5.74) is 3.35. The number of benzene rings is 3. The molecule has 134 valence electrons. The second-order valence-electron chi connectivity index (χ2n) is 6.29. The lowest BCUT2D eigenvalue weighted by Crippen LogP contribution is -2.28. The number of carbonyl (C=O) groups excluding carboxylic acids is 1. The van der Waals surface area contributed by atoms with Gasteiger partial charge >= 0.3 is 0 Å². The van der Waals surface area contributed by atoms with Gasteiger partial charge in [0.1, 0.15) is 0 Å². The van der Waals surface area contributed by atoms with Crippen molar-refractivity contribution in [2.75, 3.05) is 0 Å². The molecule has 0 bridgehead atoms. The van der Waals surface area contributed by atoms with E-state index in [0.717, 1.165) is 16.7 Å². The fourth-order valence-electron chi connectivity index (χ4n) is 2.79. The van der Waals surface area contributed by atoms with Gasteiger partial charge in [0, 0.05) is 19.2 Å². The van der Waals surface area contributed by atoms with Crippen molar-refractivity contribution < 1.29 is 4.79 Å². The molecule has 0 aliphatic rings. The third kappa shape index (κ3) is 6.12. The van der Waals surface area contributed by atoms with E-state index in [0.29, 0.717) is 13.1 Å². The molecule has 0 N–H and O–H groups in total. The second-order valence-corrected chi connectivity index (χ2v) is 6.29. The van der Waals surface area contributed by atoms with E-state index in [-0.39, 0.29) is 5.91 Å². The van der Waals surface area contributed by atoms with E-state index in [9.17, 15) is 4.79 Å². The van der Waals surface area contributed by atoms with Crippen molar-refractivity contribution in [2.24, 2.45) is 0 Å². The first-order chi connectivity index (χ1) is 13.3. The van der Waals surface area contributed by atoms with Crippen molar-refractivity contribution in [2.45, 2.75) is 13.1 Å². The van der Waals surface area contributed by atoms with Gasteiger partial charge in [-0.05, 0) is 16.7 Å². The smallest absolute Gasteiger partial charge is 0.247 e. The predicted octanol–water partition coefficient (Wildman–Crippen LogP) is 5.49. The quantitative estimate of drug-likeness (QED) is 0.406. The van der Waals surface area contributed by atoms with E-state index < -0.39 is 0 Å². The van der Waals surface area contributed by atoms with Crippen LogP contribution in [0.2, 0.25) is 0 Å². The van der Waals surface area contributed by atoms with Gasteiger partial charge in [0.15, 0.2) is 0 Å². The lowest BCUT2D eigenvalue weighted by Gasteiger charge is -2.21. The van der Waals surface area contributed by atoms with E-state index in [1.807, 2.05) is 108 Å². The van der Waals surface area contributed by atoms with Gasteiger partial charge in [-0.2, -0.15) is 0 Å². The Morgan fingerprint density at radius 3 is 1.67 bits per heavy atom. The highest BCUT2D eigenvalue weighted by Crippen LogP contribution is 2.11. The number of rotatable bonds is 7. The molecule has 2 nitrogen and oxygen atoms in total. The molecule has 3 rings (SSSR count). The van der Waals surface area contributed by atoms with Crippen LogP contribution in [0.1, 0.15) is 16.7 Å². The minimum atomic E-state index is 0.000387. The summed E-state index contributed by atoms with van der Waals surface area (Å²) in [6.45, 7) is 1.17. The van der Waals surface area contributed by atoms with Crippen molar-refractivity contribution in [3.63, 3.8) is 0 Å².